The Morgan fingerprint density at radius 1 is 0.895 bits per heavy atom. The molecule has 0 spiro atoms. The lowest BCUT2D eigenvalue weighted by Crippen LogP contribution is -1.79. The highest BCUT2D eigenvalue weighted by Gasteiger charge is 2.08. The highest BCUT2D eigenvalue weighted by atomic mass is 14.9. The molecule has 2 N–H and O–H groups in total. The van der Waals surface area contributed by atoms with Crippen LogP contribution in [0.2, 0.25) is 0 Å². The number of imidazole rings is 2. The van der Waals surface area contributed by atoms with Crippen molar-refractivity contribution in [3.8, 4) is 11.4 Å². The fourth-order valence-electron chi connectivity index (χ4n) is 2.29. The van der Waals surface area contributed by atoms with E-state index in [1.54, 1.807) is 12.4 Å². The molecule has 3 aromatic heterocycles. The molecule has 0 unspecified atom stereocenters. The first-order valence-corrected chi connectivity index (χ1v) is 6.06. The normalized spacial score (nSPS) is 11.4. The number of hydrogen-bond donors (Lipinski definition) is 2. The van der Waals surface area contributed by atoms with Crippen molar-refractivity contribution < 1.29 is 0 Å². The monoisotopic (exact) mass is 249 g/mol. The molecule has 1 aromatic carbocycles. The van der Waals surface area contributed by atoms with Gasteiger partial charge in [-0.05, 0) is 31.2 Å². The van der Waals surface area contributed by atoms with Gasteiger partial charge in [0.05, 0.1) is 22.1 Å². The van der Waals surface area contributed by atoms with Crippen LogP contribution < -0.4 is 0 Å². The summed E-state index contributed by atoms with van der Waals surface area (Å²) in [5.74, 6) is 1.76. The Bertz CT molecular complexity index is 822. The van der Waals surface area contributed by atoms with Gasteiger partial charge in [0.2, 0.25) is 0 Å². The Balaban J connectivity index is 1.96. The van der Waals surface area contributed by atoms with Gasteiger partial charge in [0.1, 0.15) is 11.6 Å². The van der Waals surface area contributed by atoms with E-state index in [0.29, 0.717) is 0 Å². The summed E-state index contributed by atoms with van der Waals surface area (Å²) in [4.78, 5) is 19.6. The lowest BCUT2D eigenvalue weighted by molar-refractivity contribution is 1.17. The van der Waals surface area contributed by atoms with E-state index in [4.69, 9.17) is 0 Å². The van der Waals surface area contributed by atoms with Crippen LogP contribution in [0, 0.1) is 6.92 Å². The van der Waals surface area contributed by atoms with Crippen LogP contribution in [-0.2, 0) is 0 Å². The van der Waals surface area contributed by atoms with Crippen molar-refractivity contribution in [1.82, 2.24) is 24.9 Å². The van der Waals surface area contributed by atoms with E-state index in [0.717, 1.165) is 39.3 Å². The first-order chi connectivity index (χ1) is 9.29. The highest BCUT2D eigenvalue weighted by molar-refractivity contribution is 5.92. The summed E-state index contributed by atoms with van der Waals surface area (Å²) in [6.07, 6.45) is 3.52. The molecular formula is C14H11N5. The zero-order valence-corrected chi connectivity index (χ0v) is 10.3. The predicted octanol–water partition coefficient (Wildman–Crippen LogP) is 2.81. The van der Waals surface area contributed by atoms with Gasteiger partial charge >= 0.3 is 0 Å². The number of nitrogens with zero attached hydrogens (tertiary/aromatic N) is 3. The number of pyridine rings is 1. The van der Waals surface area contributed by atoms with Crippen molar-refractivity contribution in [3.63, 3.8) is 0 Å². The summed E-state index contributed by atoms with van der Waals surface area (Å²) in [6, 6.07) is 7.91. The molecular weight excluding hydrogens is 238 g/mol. The molecule has 3 heterocycles. The van der Waals surface area contributed by atoms with Gasteiger partial charge in [-0.2, -0.15) is 0 Å². The van der Waals surface area contributed by atoms with Gasteiger partial charge in [-0.1, -0.05) is 0 Å². The van der Waals surface area contributed by atoms with E-state index < -0.39 is 0 Å². The molecule has 0 saturated carbocycles. The van der Waals surface area contributed by atoms with Gasteiger partial charge in [-0.25, -0.2) is 9.97 Å². The number of nitrogens with one attached hydrogen (secondary N) is 2. The van der Waals surface area contributed by atoms with Crippen LogP contribution in [0.4, 0.5) is 0 Å². The topological polar surface area (TPSA) is 70.2 Å². The molecule has 0 fully saturated rings. The van der Waals surface area contributed by atoms with E-state index in [2.05, 4.69) is 24.9 Å². The lowest BCUT2D eigenvalue weighted by Gasteiger charge is -1.92. The summed E-state index contributed by atoms with van der Waals surface area (Å²) in [5.41, 5.74) is 4.92. The van der Waals surface area contributed by atoms with Crippen molar-refractivity contribution in [1.29, 1.82) is 0 Å². The first-order valence-electron chi connectivity index (χ1n) is 6.06. The molecule has 4 rings (SSSR count). The van der Waals surface area contributed by atoms with Crippen LogP contribution in [0.1, 0.15) is 5.82 Å². The van der Waals surface area contributed by atoms with Crippen molar-refractivity contribution in [2.24, 2.45) is 0 Å². The number of fused-ring (bicyclic) bond motifs is 2. The number of hydrogen-bond acceptors (Lipinski definition) is 3. The van der Waals surface area contributed by atoms with Crippen molar-refractivity contribution in [2.45, 2.75) is 6.92 Å². The predicted molar refractivity (Wildman–Crippen MR) is 73.7 cm³/mol. The number of aryl methyl sites for hydroxylation is 1. The zero-order chi connectivity index (χ0) is 12.8. The lowest BCUT2D eigenvalue weighted by atomic mass is 10.3. The molecule has 0 atom stereocenters. The number of rotatable bonds is 1. The molecule has 4 aromatic rings. The van der Waals surface area contributed by atoms with Gasteiger partial charge in [0.15, 0.2) is 0 Å². The van der Waals surface area contributed by atoms with Crippen LogP contribution in [0.5, 0.6) is 0 Å². The molecule has 0 aliphatic heterocycles. The molecule has 0 aliphatic rings. The Labute approximate surface area is 108 Å². The number of aromatic amines is 2. The summed E-state index contributed by atoms with van der Waals surface area (Å²) in [7, 11) is 0. The van der Waals surface area contributed by atoms with Crippen molar-refractivity contribution >= 4 is 22.1 Å². The Morgan fingerprint density at radius 3 is 2.47 bits per heavy atom. The van der Waals surface area contributed by atoms with Crippen molar-refractivity contribution in [3.05, 3.63) is 42.5 Å². The Morgan fingerprint density at radius 2 is 1.63 bits per heavy atom. The van der Waals surface area contributed by atoms with E-state index >= 15 is 0 Å². The third-order valence-corrected chi connectivity index (χ3v) is 3.16. The summed E-state index contributed by atoms with van der Waals surface area (Å²) in [6.45, 7) is 1.95. The van der Waals surface area contributed by atoms with E-state index in [1.807, 2.05) is 31.2 Å². The highest BCUT2D eigenvalue weighted by Crippen LogP contribution is 2.23. The molecule has 92 valence electrons. The fraction of sp³-hybridized carbons (Fsp3) is 0.0714. The minimum Gasteiger partial charge on any atom is -0.342 e. The second-order valence-electron chi connectivity index (χ2n) is 4.53. The van der Waals surface area contributed by atoms with E-state index in [1.165, 1.54) is 0 Å². The summed E-state index contributed by atoms with van der Waals surface area (Å²) < 4.78 is 0. The smallest absolute Gasteiger partial charge is 0.138 e. The quantitative estimate of drug-likeness (QED) is 0.545. The zero-order valence-electron chi connectivity index (χ0n) is 10.3. The molecule has 0 amide bonds. The van der Waals surface area contributed by atoms with Crippen LogP contribution in [0.25, 0.3) is 33.5 Å². The average molecular weight is 249 g/mol. The molecule has 0 aliphatic carbocycles. The Kier molecular flexibility index (Phi) is 1.97. The minimum absolute atomic E-state index is 0.849. The SMILES string of the molecule is Cc1nc2cc3nc(-c4ccncc4)[nH]c3cc2[nH]1. The molecule has 0 radical (unpaired) electrons. The van der Waals surface area contributed by atoms with E-state index in [-0.39, 0.29) is 0 Å². The number of benzene rings is 1. The largest absolute Gasteiger partial charge is 0.342 e. The van der Waals surface area contributed by atoms with E-state index in [9.17, 15) is 0 Å². The maximum Gasteiger partial charge on any atom is 0.138 e. The van der Waals surface area contributed by atoms with Gasteiger partial charge < -0.3 is 9.97 Å². The standard InChI is InChI=1S/C14H11N5/c1-8-16-10-6-12-13(7-11(10)17-8)19-14(18-12)9-2-4-15-5-3-9/h2-7H,1H3,(H,16,17)(H,18,19). The van der Waals surface area contributed by atoms with Crippen molar-refractivity contribution in [2.75, 3.05) is 0 Å². The molecule has 19 heavy (non-hydrogen) atoms. The minimum atomic E-state index is 0.849. The molecule has 0 bridgehead atoms. The van der Waals surface area contributed by atoms with Crippen LogP contribution in [-0.4, -0.2) is 24.9 Å². The van der Waals surface area contributed by atoms with Gasteiger partial charge in [0, 0.05) is 18.0 Å². The molecule has 0 saturated heterocycles. The summed E-state index contributed by atoms with van der Waals surface area (Å²) >= 11 is 0. The number of aromatic nitrogens is 5. The maximum atomic E-state index is 4.61. The Hall–Kier alpha value is -2.69. The fourth-order valence-corrected chi connectivity index (χ4v) is 2.29. The maximum absolute atomic E-state index is 4.61. The average Bonchev–Trinajstić information content (AvgIpc) is 2.98. The molecule has 5 nitrogen and oxygen atoms in total. The van der Waals surface area contributed by atoms with Gasteiger partial charge in [0.25, 0.3) is 0 Å². The summed E-state index contributed by atoms with van der Waals surface area (Å²) in [5, 5.41) is 0. The van der Waals surface area contributed by atoms with Crippen LogP contribution in [0.3, 0.4) is 0 Å². The van der Waals surface area contributed by atoms with Gasteiger partial charge in [-0.15, -0.1) is 0 Å². The van der Waals surface area contributed by atoms with Gasteiger partial charge in [-0.3, -0.25) is 4.98 Å². The van der Waals surface area contributed by atoms with Crippen LogP contribution in [0.15, 0.2) is 36.7 Å². The first kappa shape index (κ1) is 10.3. The third kappa shape index (κ3) is 1.59. The second-order valence-corrected chi connectivity index (χ2v) is 4.53. The molecule has 5 heteroatoms. The van der Waals surface area contributed by atoms with Crippen LogP contribution >= 0.6 is 0 Å². The third-order valence-electron chi connectivity index (χ3n) is 3.16. The number of H-pyrrole nitrogens is 2. The second kappa shape index (κ2) is 3.65.